The highest BCUT2D eigenvalue weighted by Gasteiger charge is 2.17. The van der Waals surface area contributed by atoms with Crippen LogP contribution in [0.2, 0.25) is 5.02 Å². The molecule has 0 aliphatic carbocycles. The molecule has 4 N–H and O–H groups in total. The van der Waals surface area contributed by atoms with Gasteiger partial charge in [0, 0.05) is 19.4 Å². The standard InChI is InChI=1S/C11H11ClN6O2/c1-18-10(7(4-15-18)9(13)17-20)16-11(19)6-2-3-14-5-8(6)12/h2-5,20H,1H3,(H2,13,17)(H,16,19). The molecule has 2 aromatic rings. The van der Waals surface area contributed by atoms with Crippen LogP contribution in [-0.4, -0.2) is 31.7 Å². The van der Waals surface area contributed by atoms with E-state index in [4.69, 9.17) is 22.5 Å². The van der Waals surface area contributed by atoms with Crippen molar-refractivity contribution in [3.05, 3.63) is 40.8 Å². The van der Waals surface area contributed by atoms with E-state index in [1.165, 1.54) is 29.3 Å². The molecule has 1 amide bonds. The molecule has 9 heteroatoms. The van der Waals surface area contributed by atoms with Crippen LogP contribution >= 0.6 is 11.6 Å². The lowest BCUT2D eigenvalue weighted by molar-refractivity contribution is 0.102. The van der Waals surface area contributed by atoms with Gasteiger partial charge in [0.1, 0.15) is 5.82 Å². The number of hydrogen-bond acceptors (Lipinski definition) is 5. The van der Waals surface area contributed by atoms with Crippen molar-refractivity contribution in [1.82, 2.24) is 14.8 Å². The summed E-state index contributed by atoms with van der Waals surface area (Å²) in [7, 11) is 1.61. The van der Waals surface area contributed by atoms with Gasteiger partial charge in [-0.25, -0.2) is 0 Å². The summed E-state index contributed by atoms with van der Waals surface area (Å²) in [6.45, 7) is 0. The average molecular weight is 295 g/mol. The Morgan fingerprint density at radius 3 is 2.90 bits per heavy atom. The van der Waals surface area contributed by atoms with E-state index in [-0.39, 0.29) is 22.2 Å². The summed E-state index contributed by atoms with van der Waals surface area (Å²) in [6.07, 6.45) is 4.19. The Hall–Kier alpha value is -2.61. The number of oxime groups is 1. The minimum Gasteiger partial charge on any atom is -0.409 e. The SMILES string of the molecule is Cn1ncc(C(N)=NO)c1NC(=O)c1ccncc1Cl. The molecular weight excluding hydrogens is 284 g/mol. The first-order valence-corrected chi connectivity index (χ1v) is 5.83. The number of nitrogens with zero attached hydrogens (tertiary/aromatic N) is 4. The normalized spacial score (nSPS) is 11.4. The molecule has 0 saturated heterocycles. The maximum Gasteiger partial charge on any atom is 0.258 e. The van der Waals surface area contributed by atoms with Crippen molar-refractivity contribution in [2.45, 2.75) is 0 Å². The van der Waals surface area contributed by atoms with Gasteiger partial charge in [-0.2, -0.15) is 5.10 Å². The van der Waals surface area contributed by atoms with Gasteiger partial charge < -0.3 is 16.3 Å². The second kappa shape index (κ2) is 5.57. The second-order valence-corrected chi connectivity index (χ2v) is 4.23. The number of carbonyl (C=O) groups excluding carboxylic acids is 1. The summed E-state index contributed by atoms with van der Waals surface area (Å²) >= 11 is 5.89. The van der Waals surface area contributed by atoms with Crippen LogP contribution in [0.1, 0.15) is 15.9 Å². The molecule has 20 heavy (non-hydrogen) atoms. The van der Waals surface area contributed by atoms with Crippen molar-refractivity contribution in [1.29, 1.82) is 0 Å². The fraction of sp³-hybridized carbons (Fsp3) is 0.0909. The number of nitrogens with one attached hydrogen (secondary N) is 1. The Balaban J connectivity index is 2.34. The minimum atomic E-state index is -0.451. The number of hydrogen-bond donors (Lipinski definition) is 3. The van der Waals surface area contributed by atoms with E-state index in [9.17, 15) is 4.79 Å². The number of aromatic nitrogens is 3. The molecule has 0 spiro atoms. The molecule has 0 aliphatic rings. The van der Waals surface area contributed by atoms with Gasteiger partial charge in [0.15, 0.2) is 5.84 Å². The van der Waals surface area contributed by atoms with Crippen LogP contribution in [0.15, 0.2) is 29.8 Å². The maximum atomic E-state index is 12.1. The van der Waals surface area contributed by atoms with Crippen LogP contribution in [0.25, 0.3) is 0 Å². The molecule has 0 bridgehead atoms. The Labute approximate surface area is 118 Å². The largest absolute Gasteiger partial charge is 0.409 e. The molecule has 2 rings (SSSR count). The van der Waals surface area contributed by atoms with Crippen molar-refractivity contribution in [3.63, 3.8) is 0 Å². The van der Waals surface area contributed by atoms with E-state index in [0.29, 0.717) is 5.56 Å². The number of pyridine rings is 1. The highest BCUT2D eigenvalue weighted by atomic mass is 35.5. The smallest absolute Gasteiger partial charge is 0.258 e. The number of nitrogens with two attached hydrogens (primary N) is 1. The lowest BCUT2D eigenvalue weighted by atomic mass is 10.2. The summed E-state index contributed by atoms with van der Waals surface area (Å²) in [4.78, 5) is 15.9. The van der Waals surface area contributed by atoms with E-state index in [2.05, 4.69) is 20.6 Å². The molecule has 8 nitrogen and oxygen atoms in total. The van der Waals surface area contributed by atoms with Crippen molar-refractivity contribution in [2.75, 3.05) is 5.32 Å². The quantitative estimate of drug-likeness (QED) is 0.335. The lowest BCUT2D eigenvalue weighted by Gasteiger charge is -2.08. The molecule has 2 heterocycles. The fourth-order valence-electron chi connectivity index (χ4n) is 1.56. The highest BCUT2D eigenvalue weighted by Crippen LogP contribution is 2.18. The highest BCUT2D eigenvalue weighted by molar-refractivity contribution is 6.34. The summed E-state index contributed by atoms with van der Waals surface area (Å²) in [5.41, 5.74) is 6.07. The Morgan fingerprint density at radius 2 is 2.25 bits per heavy atom. The minimum absolute atomic E-state index is 0.158. The number of rotatable bonds is 3. The van der Waals surface area contributed by atoms with Gasteiger partial charge >= 0.3 is 0 Å². The van der Waals surface area contributed by atoms with Crippen molar-refractivity contribution < 1.29 is 10.0 Å². The third kappa shape index (κ3) is 2.54. The molecule has 0 unspecified atom stereocenters. The number of anilines is 1. The van der Waals surface area contributed by atoms with E-state index < -0.39 is 5.91 Å². The summed E-state index contributed by atoms with van der Waals surface area (Å²) < 4.78 is 1.39. The average Bonchev–Trinajstić information content (AvgIpc) is 2.80. The van der Waals surface area contributed by atoms with Crippen LogP contribution in [0.5, 0.6) is 0 Å². The molecular formula is C11H11ClN6O2. The molecule has 0 atom stereocenters. The van der Waals surface area contributed by atoms with Gasteiger partial charge in [-0.1, -0.05) is 16.8 Å². The zero-order chi connectivity index (χ0) is 14.7. The van der Waals surface area contributed by atoms with E-state index in [0.717, 1.165) is 0 Å². The van der Waals surface area contributed by atoms with Gasteiger partial charge in [-0.15, -0.1) is 0 Å². The van der Waals surface area contributed by atoms with Gasteiger partial charge in [-0.05, 0) is 6.07 Å². The van der Waals surface area contributed by atoms with Crippen LogP contribution < -0.4 is 11.1 Å². The number of halogens is 1. The Bertz CT molecular complexity index is 681. The van der Waals surface area contributed by atoms with Crippen LogP contribution in [0.3, 0.4) is 0 Å². The molecule has 0 radical (unpaired) electrons. The molecule has 0 saturated carbocycles. The fourth-order valence-corrected chi connectivity index (χ4v) is 1.77. The van der Waals surface area contributed by atoms with Gasteiger partial charge in [0.2, 0.25) is 0 Å². The topological polar surface area (TPSA) is 118 Å². The third-order valence-electron chi connectivity index (χ3n) is 2.57. The summed E-state index contributed by atoms with van der Waals surface area (Å²) in [6, 6.07) is 1.48. The van der Waals surface area contributed by atoms with Crippen molar-refractivity contribution >= 4 is 29.2 Å². The summed E-state index contributed by atoms with van der Waals surface area (Å²) in [5.74, 6) is -0.319. The molecule has 104 valence electrons. The second-order valence-electron chi connectivity index (χ2n) is 3.83. The van der Waals surface area contributed by atoms with Crippen LogP contribution in [0.4, 0.5) is 5.82 Å². The van der Waals surface area contributed by atoms with E-state index in [1.807, 2.05) is 0 Å². The van der Waals surface area contributed by atoms with E-state index >= 15 is 0 Å². The third-order valence-corrected chi connectivity index (χ3v) is 2.87. The van der Waals surface area contributed by atoms with Gasteiger partial charge in [0.05, 0.1) is 22.3 Å². The molecule has 0 aromatic carbocycles. The monoisotopic (exact) mass is 294 g/mol. The van der Waals surface area contributed by atoms with Gasteiger partial charge in [0.25, 0.3) is 5.91 Å². The van der Waals surface area contributed by atoms with Crippen molar-refractivity contribution in [3.8, 4) is 0 Å². The molecule has 2 aromatic heterocycles. The molecule has 0 fully saturated rings. The zero-order valence-corrected chi connectivity index (χ0v) is 11.2. The number of carbonyl (C=O) groups is 1. The lowest BCUT2D eigenvalue weighted by Crippen LogP contribution is -2.20. The summed E-state index contributed by atoms with van der Waals surface area (Å²) in [5, 5.41) is 18.4. The van der Waals surface area contributed by atoms with E-state index in [1.54, 1.807) is 7.05 Å². The molecule has 0 aliphatic heterocycles. The first-order chi connectivity index (χ1) is 9.54. The first-order valence-electron chi connectivity index (χ1n) is 5.45. The zero-order valence-electron chi connectivity index (χ0n) is 10.4. The Morgan fingerprint density at radius 1 is 1.50 bits per heavy atom. The Kier molecular flexibility index (Phi) is 3.85. The number of aryl methyl sites for hydroxylation is 1. The maximum absolute atomic E-state index is 12.1. The predicted molar refractivity (Wildman–Crippen MR) is 72.9 cm³/mol. The van der Waals surface area contributed by atoms with Crippen LogP contribution in [-0.2, 0) is 7.05 Å². The van der Waals surface area contributed by atoms with Crippen molar-refractivity contribution in [2.24, 2.45) is 17.9 Å². The van der Waals surface area contributed by atoms with Crippen LogP contribution in [0, 0.1) is 0 Å². The predicted octanol–water partition coefficient (Wildman–Crippen LogP) is 0.815. The number of amides is 1. The first kappa shape index (κ1) is 13.8. The van der Waals surface area contributed by atoms with Gasteiger partial charge in [-0.3, -0.25) is 14.5 Å². The number of amidine groups is 1.